The number of esters is 3. The first kappa shape index (κ1) is 29.8. The summed E-state index contributed by atoms with van der Waals surface area (Å²) in [5, 5.41) is 12.1. The maximum absolute atomic E-state index is 13.4. The molecule has 11 nitrogen and oxygen atoms in total. The molecule has 3 unspecified atom stereocenters. The normalized spacial score (nSPS) is 35.0. The number of hydrogen-bond donors (Lipinski definition) is 1. The topological polar surface area (TPSA) is 151 Å². The van der Waals surface area contributed by atoms with Gasteiger partial charge in [0.1, 0.15) is 41.5 Å². The van der Waals surface area contributed by atoms with E-state index in [2.05, 4.69) is 4.98 Å². The maximum atomic E-state index is 13.4. The van der Waals surface area contributed by atoms with Gasteiger partial charge in [0.15, 0.2) is 0 Å². The van der Waals surface area contributed by atoms with Gasteiger partial charge in [-0.3, -0.25) is 19.4 Å². The molecule has 42 heavy (non-hydrogen) atoms. The molecule has 0 spiro atoms. The molecule has 1 N–H and O–H groups in total. The van der Waals surface area contributed by atoms with Crippen LogP contribution in [0.1, 0.15) is 72.5 Å². The van der Waals surface area contributed by atoms with Crippen molar-refractivity contribution in [1.82, 2.24) is 4.98 Å². The average Bonchev–Trinajstić information content (AvgIpc) is 2.90. The van der Waals surface area contributed by atoms with Gasteiger partial charge in [-0.1, -0.05) is 13.8 Å². The van der Waals surface area contributed by atoms with Crippen molar-refractivity contribution in [1.29, 1.82) is 0 Å². The Morgan fingerprint density at radius 2 is 1.76 bits per heavy atom. The van der Waals surface area contributed by atoms with Gasteiger partial charge < -0.3 is 28.5 Å². The number of fused-ring (bicyclic) bond motifs is 4. The van der Waals surface area contributed by atoms with Gasteiger partial charge in [-0.25, -0.2) is 4.79 Å². The Hall–Kier alpha value is -3.73. The Morgan fingerprint density at radius 3 is 2.38 bits per heavy atom. The minimum atomic E-state index is -1.34. The molecule has 2 aromatic heterocycles. The van der Waals surface area contributed by atoms with E-state index in [1.807, 2.05) is 13.8 Å². The van der Waals surface area contributed by atoms with Gasteiger partial charge in [-0.2, -0.15) is 0 Å². The van der Waals surface area contributed by atoms with Crippen molar-refractivity contribution in [2.24, 2.45) is 22.7 Å². The molecule has 0 saturated heterocycles. The van der Waals surface area contributed by atoms with E-state index >= 15 is 0 Å². The Bertz CT molecular complexity index is 1460. The summed E-state index contributed by atoms with van der Waals surface area (Å²) in [4.78, 5) is 54.0. The van der Waals surface area contributed by atoms with E-state index in [9.17, 15) is 24.3 Å². The lowest BCUT2D eigenvalue weighted by Crippen LogP contribution is -2.71. The minimum absolute atomic E-state index is 0.0163. The van der Waals surface area contributed by atoms with Crippen molar-refractivity contribution >= 4 is 17.9 Å². The third-order valence-electron chi connectivity index (χ3n) is 9.73. The number of rotatable bonds is 5. The van der Waals surface area contributed by atoms with Crippen LogP contribution in [0.5, 0.6) is 5.75 Å². The summed E-state index contributed by atoms with van der Waals surface area (Å²) in [5.41, 5.74) is -3.09. The molecule has 3 heterocycles. The molecule has 0 amide bonds. The van der Waals surface area contributed by atoms with Crippen LogP contribution < -0.4 is 10.4 Å². The fourth-order valence-corrected chi connectivity index (χ4v) is 8.04. The third-order valence-corrected chi connectivity index (χ3v) is 9.73. The van der Waals surface area contributed by atoms with Gasteiger partial charge in [-0.05, 0) is 49.7 Å². The summed E-state index contributed by atoms with van der Waals surface area (Å²) >= 11 is 0. The largest absolute Gasteiger partial charge is 0.482 e. The number of carbonyl (C=O) groups is 3. The highest BCUT2D eigenvalue weighted by atomic mass is 16.6. The fraction of sp³-hybridized carbons (Fsp3) is 0.581. The molecule has 11 heteroatoms. The van der Waals surface area contributed by atoms with Crippen molar-refractivity contribution in [3.63, 3.8) is 0 Å². The van der Waals surface area contributed by atoms with Crippen LogP contribution in [0, 0.1) is 22.7 Å². The fourth-order valence-electron chi connectivity index (χ4n) is 8.04. The lowest BCUT2D eigenvalue weighted by Gasteiger charge is -2.66. The molecular weight excluding hydrogens is 546 g/mol. The molecule has 1 aliphatic heterocycles. The number of carbonyl (C=O) groups excluding carboxylic acids is 3. The Labute approximate surface area is 243 Å². The number of ether oxygens (including phenoxy) is 4. The standard InChI is InChI=1S/C31H37NO10/c1-16(33)38-15-30(5)22-13-24(40-18(3)35)31(6)27(29(22,4)10-9-23(30)39-17(2)34)26(36)25-21(42-31)12-20(41-28(25)37)19-8-7-11-32-14-19/h7-8,11-12,14,22-24,26-27,36H,9-10,13,15H2,1-6H3/t22?,23-,24-,26-,27?,29-,30?,31+/m0/s1. The van der Waals surface area contributed by atoms with E-state index in [1.165, 1.54) is 20.8 Å². The lowest BCUT2D eigenvalue weighted by molar-refractivity contribution is -0.270. The predicted octanol–water partition coefficient (Wildman–Crippen LogP) is 3.76. The summed E-state index contributed by atoms with van der Waals surface area (Å²) in [6.07, 6.45) is 1.53. The van der Waals surface area contributed by atoms with Crippen molar-refractivity contribution < 1.29 is 42.9 Å². The second-order valence-electron chi connectivity index (χ2n) is 12.4. The van der Waals surface area contributed by atoms with Crippen molar-refractivity contribution in [2.45, 2.75) is 84.7 Å². The van der Waals surface area contributed by atoms with Crippen LogP contribution in [-0.2, 0) is 28.6 Å². The number of aliphatic hydroxyl groups is 1. The Kier molecular flexibility index (Phi) is 7.45. The number of hydrogen-bond acceptors (Lipinski definition) is 11. The Morgan fingerprint density at radius 1 is 1.07 bits per heavy atom. The highest BCUT2D eigenvalue weighted by Crippen LogP contribution is 2.67. The highest BCUT2D eigenvalue weighted by molar-refractivity contribution is 5.67. The SMILES string of the molecule is CC(=O)OCC1(C)C2C[C@H](OC(C)=O)[C@@]3(C)Oc4cc(-c5cccnc5)oc(=O)c4[C@H](O)C3[C@@]2(C)CC[C@@H]1OC(C)=O. The molecule has 2 aromatic rings. The first-order chi connectivity index (χ1) is 19.7. The zero-order valence-electron chi connectivity index (χ0n) is 24.7. The molecular formula is C31H37NO10. The second-order valence-corrected chi connectivity index (χ2v) is 12.4. The van der Waals surface area contributed by atoms with Crippen LogP contribution in [-0.4, -0.2) is 52.4 Å². The van der Waals surface area contributed by atoms with Crippen molar-refractivity contribution in [3.8, 4) is 17.1 Å². The zero-order chi connectivity index (χ0) is 30.6. The van der Waals surface area contributed by atoms with Crippen LogP contribution in [0.4, 0.5) is 0 Å². The molecule has 2 saturated carbocycles. The lowest BCUT2D eigenvalue weighted by atomic mass is 9.42. The first-order valence-electron chi connectivity index (χ1n) is 14.1. The van der Waals surface area contributed by atoms with Gasteiger partial charge >= 0.3 is 23.5 Å². The maximum Gasteiger partial charge on any atom is 0.345 e. The van der Waals surface area contributed by atoms with Crippen LogP contribution >= 0.6 is 0 Å². The monoisotopic (exact) mass is 583 g/mol. The second kappa shape index (κ2) is 10.5. The van der Waals surface area contributed by atoms with Gasteiger partial charge in [0.05, 0.1) is 6.10 Å². The highest BCUT2D eigenvalue weighted by Gasteiger charge is 2.70. The third kappa shape index (κ3) is 4.77. The van der Waals surface area contributed by atoms with Crippen molar-refractivity contribution in [2.75, 3.05) is 6.61 Å². The van der Waals surface area contributed by atoms with E-state index < -0.39 is 64.2 Å². The summed E-state index contributed by atoms with van der Waals surface area (Å²) in [5.74, 6) is -2.25. The molecule has 2 aliphatic carbocycles. The average molecular weight is 584 g/mol. The predicted molar refractivity (Wildman–Crippen MR) is 147 cm³/mol. The van der Waals surface area contributed by atoms with E-state index in [-0.39, 0.29) is 36.0 Å². The smallest absolute Gasteiger partial charge is 0.345 e. The number of aromatic nitrogens is 1. The quantitative estimate of drug-likeness (QED) is 0.405. The van der Waals surface area contributed by atoms with Gasteiger partial charge in [-0.15, -0.1) is 0 Å². The summed E-state index contributed by atoms with van der Waals surface area (Å²) in [7, 11) is 0. The molecule has 8 atom stereocenters. The van der Waals surface area contributed by atoms with Crippen LogP contribution in [0.25, 0.3) is 11.3 Å². The zero-order valence-corrected chi connectivity index (χ0v) is 24.7. The molecule has 5 rings (SSSR count). The van der Waals surface area contributed by atoms with Gasteiger partial charge in [0.2, 0.25) is 0 Å². The molecule has 0 radical (unpaired) electrons. The summed E-state index contributed by atoms with van der Waals surface area (Å²) < 4.78 is 29.5. The minimum Gasteiger partial charge on any atom is -0.482 e. The number of nitrogens with zero attached hydrogens (tertiary/aromatic N) is 1. The van der Waals surface area contributed by atoms with E-state index in [4.69, 9.17) is 23.4 Å². The van der Waals surface area contributed by atoms with Crippen LogP contribution in [0.15, 0.2) is 39.8 Å². The molecule has 0 bridgehead atoms. The van der Waals surface area contributed by atoms with Crippen LogP contribution in [0.3, 0.4) is 0 Å². The van der Waals surface area contributed by atoms with Crippen LogP contribution in [0.2, 0.25) is 0 Å². The van der Waals surface area contributed by atoms with E-state index in [0.29, 0.717) is 18.4 Å². The summed E-state index contributed by atoms with van der Waals surface area (Å²) in [6, 6.07) is 5.00. The van der Waals surface area contributed by atoms with E-state index in [1.54, 1.807) is 37.5 Å². The van der Waals surface area contributed by atoms with E-state index in [0.717, 1.165) is 0 Å². The number of aliphatic hydroxyl groups excluding tert-OH is 1. The van der Waals surface area contributed by atoms with Gasteiger partial charge in [0, 0.05) is 56.1 Å². The molecule has 0 aromatic carbocycles. The van der Waals surface area contributed by atoms with Crippen molar-refractivity contribution in [3.05, 3.63) is 46.6 Å². The van der Waals surface area contributed by atoms with Gasteiger partial charge in [0.25, 0.3) is 0 Å². The Balaban J connectivity index is 1.66. The molecule has 3 aliphatic rings. The molecule has 2 fully saturated rings. The first-order valence-corrected chi connectivity index (χ1v) is 14.1. The molecule has 226 valence electrons. The number of pyridine rings is 1. The summed E-state index contributed by atoms with van der Waals surface area (Å²) in [6.45, 7) is 9.56.